The smallest absolute Gasteiger partial charge is 0.166 e. The summed E-state index contributed by atoms with van der Waals surface area (Å²) in [4.78, 5) is 0. The van der Waals surface area contributed by atoms with E-state index in [2.05, 4.69) is 39.3 Å². The first-order valence-electron chi connectivity index (χ1n) is 7.03. The normalized spacial score (nSPS) is 15.0. The highest BCUT2D eigenvalue weighted by molar-refractivity contribution is 9.10. The monoisotopic (exact) mass is 351 g/mol. The van der Waals surface area contributed by atoms with Gasteiger partial charge < -0.3 is 14.8 Å². The number of ether oxygens (including phenoxy) is 2. The number of nitrogens with zero attached hydrogens (tertiary/aromatic N) is 2. The maximum Gasteiger partial charge on any atom is 0.166 e. The average molecular weight is 352 g/mol. The molecule has 6 heteroatoms. The summed E-state index contributed by atoms with van der Waals surface area (Å²) in [5.41, 5.74) is 2.15. The largest absolute Gasteiger partial charge is 0.486 e. The first-order chi connectivity index (χ1) is 10.3. The molecule has 2 aromatic rings. The van der Waals surface area contributed by atoms with Crippen LogP contribution in [0.25, 0.3) is 0 Å². The van der Waals surface area contributed by atoms with Crippen LogP contribution < -0.4 is 14.8 Å². The van der Waals surface area contributed by atoms with Gasteiger partial charge in [0.1, 0.15) is 13.2 Å². The quantitative estimate of drug-likeness (QED) is 0.919. The SMILES string of the molecule is CCn1ncc(Br)c1C(NC)c1cccc2c1OCCO2. The van der Waals surface area contributed by atoms with Gasteiger partial charge in [0.25, 0.3) is 0 Å². The van der Waals surface area contributed by atoms with Gasteiger partial charge in [-0.15, -0.1) is 0 Å². The predicted molar refractivity (Wildman–Crippen MR) is 83.9 cm³/mol. The Morgan fingerprint density at radius 2 is 2.19 bits per heavy atom. The minimum absolute atomic E-state index is 0.0153. The molecule has 0 bridgehead atoms. The van der Waals surface area contributed by atoms with Crippen LogP contribution in [0.1, 0.15) is 24.2 Å². The van der Waals surface area contributed by atoms with Crippen molar-refractivity contribution >= 4 is 15.9 Å². The number of aryl methyl sites for hydroxylation is 1. The van der Waals surface area contributed by atoms with Crippen LogP contribution in [0.5, 0.6) is 11.5 Å². The second-order valence-corrected chi connectivity index (χ2v) is 5.64. The summed E-state index contributed by atoms with van der Waals surface area (Å²) >= 11 is 3.60. The van der Waals surface area contributed by atoms with Gasteiger partial charge in [0, 0.05) is 12.1 Å². The Labute approximate surface area is 132 Å². The lowest BCUT2D eigenvalue weighted by atomic mass is 10.0. The minimum atomic E-state index is -0.0153. The summed E-state index contributed by atoms with van der Waals surface area (Å²) in [6.07, 6.45) is 1.83. The van der Waals surface area contributed by atoms with E-state index in [9.17, 15) is 0 Å². The van der Waals surface area contributed by atoms with E-state index in [1.807, 2.05) is 30.1 Å². The Bertz CT molecular complexity index is 642. The van der Waals surface area contributed by atoms with Crippen LogP contribution in [-0.4, -0.2) is 30.0 Å². The zero-order valence-corrected chi connectivity index (χ0v) is 13.7. The summed E-state index contributed by atoms with van der Waals surface area (Å²) in [6.45, 7) is 4.06. The van der Waals surface area contributed by atoms with E-state index in [0.717, 1.165) is 33.8 Å². The molecule has 21 heavy (non-hydrogen) atoms. The Morgan fingerprint density at radius 1 is 1.38 bits per heavy atom. The average Bonchev–Trinajstić information content (AvgIpc) is 2.90. The molecule has 1 N–H and O–H groups in total. The van der Waals surface area contributed by atoms with Crippen LogP contribution in [0.3, 0.4) is 0 Å². The summed E-state index contributed by atoms with van der Waals surface area (Å²) < 4.78 is 14.5. The molecule has 1 atom stereocenters. The molecule has 1 aliphatic heterocycles. The molecule has 0 aliphatic carbocycles. The lowest BCUT2D eigenvalue weighted by Gasteiger charge is -2.25. The number of halogens is 1. The summed E-state index contributed by atoms with van der Waals surface area (Å²) in [7, 11) is 1.94. The number of rotatable bonds is 4. The zero-order valence-electron chi connectivity index (χ0n) is 12.1. The van der Waals surface area contributed by atoms with E-state index >= 15 is 0 Å². The zero-order chi connectivity index (χ0) is 14.8. The topological polar surface area (TPSA) is 48.3 Å². The van der Waals surface area contributed by atoms with E-state index in [1.54, 1.807) is 0 Å². The Kier molecular flexibility index (Phi) is 4.17. The lowest BCUT2D eigenvalue weighted by Crippen LogP contribution is -2.24. The molecule has 0 saturated heterocycles. The second kappa shape index (κ2) is 6.07. The third-order valence-electron chi connectivity index (χ3n) is 3.60. The fraction of sp³-hybridized carbons (Fsp3) is 0.400. The van der Waals surface area contributed by atoms with Gasteiger partial charge in [-0.3, -0.25) is 4.68 Å². The molecule has 1 unspecified atom stereocenters. The van der Waals surface area contributed by atoms with Gasteiger partial charge in [-0.25, -0.2) is 0 Å². The van der Waals surface area contributed by atoms with E-state index in [1.165, 1.54) is 0 Å². The van der Waals surface area contributed by atoms with Gasteiger partial charge in [0.2, 0.25) is 0 Å². The third kappa shape index (κ3) is 2.53. The van der Waals surface area contributed by atoms with Crippen LogP contribution in [0.15, 0.2) is 28.9 Å². The summed E-state index contributed by atoms with van der Waals surface area (Å²) in [5, 5.41) is 7.76. The number of para-hydroxylation sites is 1. The number of hydrogen-bond acceptors (Lipinski definition) is 4. The van der Waals surface area contributed by atoms with Crippen molar-refractivity contribution in [2.75, 3.05) is 20.3 Å². The molecule has 5 nitrogen and oxygen atoms in total. The van der Waals surface area contributed by atoms with Gasteiger partial charge in [-0.2, -0.15) is 5.10 Å². The lowest BCUT2D eigenvalue weighted by molar-refractivity contribution is 0.169. The fourth-order valence-electron chi connectivity index (χ4n) is 2.67. The van der Waals surface area contributed by atoms with E-state index in [-0.39, 0.29) is 6.04 Å². The van der Waals surface area contributed by atoms with Crippen molar-refractivity contribution in [1.82, 2.24) is 15.1 Å². The maximum absolute atomic E-state index is 5.84. The molecule has 3 rings (SSSR count). The minimum Gasteiger partial charge on any atom is -0.486 e. The van der Waals surface area contributed by atoms with Crippen molar-refractivity contribution in [2.45, 2.75) is 19.5 Å². The highest BCUT2D eigenvalue weighted by Gasteiger charge is 2.26. The molecule has 2 heterocycles. The van der Waals surface area contributed by atoms with E-state index in [0.29, 0.717) is 13.2 Å². The Morgan fingerprint density at radius 3 is 2.95 bits per heavy atom. The third-order valence-corrected chi connectivity index (χ3v) is 4.21. The highest BCUT2D eigenvalue weighted by Crippen LogP contribution is 2.40. The maximum atomic E-state index is 5.84. The molecule has 0 saturated carbocycles. The van der Waals surface area contributed by atoms with Crippen molar-refractivity contribution in [2.24, 2.45) is 0 Å². The molecule has 0 fully saturated rings. The fourth-order valence-corrected chi connectivity index (χ4v) is 3.20. The number of nitrogens with one attached hydrogen (secondary N) is 1. The molecule has 1 aliphatic rings. The summed E-state index contributed by atoms with van der Waals surface area (Å²) in [5.74, 6) is 1.62. The van der Waals surface area contributed by atoms with Crippen molar-refractivity contribution in [3.05, 3.63) is 40.1 Å². The van der Waals surface area contributed by atoms with Gasteiger partial charge in [0.05, 0.1) is 22.4 Å². The van der Waals surface area contributed by atoms with Crippen molar-refractivity contribution in [3.8, 4) is 11.5 Å². The van der Waals surface area contributed by atoms with Gasteiger partial charge in [-0.05, 0) is 36.0 Å². The molecular formula is C15H18BrN3O2. The van der Waals surface area contributed by atoms with E-state index in [4.69, 9.17) is 9.47 Å². The number of benzene rings is 1. The van der Waals surface area contributed by atoms with Crippen LogP contribution >= 0.6 is 15.9 Å². The number of fused-ring (bicyclic) bond motifs is 1. The first kappa shape index (κ1) is 14.4. The predicted octanol–water partition coefficient (Wildman–Crippen LogP) is 2.75. The van der Waals surface area contributed by atoms with Crippen LogP contribution in [0.4, 0.5) is 0 Å². The molecule has 1 aromatic heterocycles. The number of hydrogen-bond donors (Lipinski definition) is 1. The van der Waals surface area contributed by atoms with Crippen molar-refractivity contribution in [1.29, 1.82) is 0 Å². The highest BCUT2D eigenvalue weighted by atomic mass is 79.9. The second-order valence-electron chi connectivity index (χ2n) is 4.79. The number of aromatic nitrogens is 2. The molecular weight excluding hydrogens is 334 g/mol. The Balaban J connectivity index is 2.10. The van der Waals surface area contributed by atoms with Crippen molar-refractivity contribution < 1.29 is 9.47 Å². The van der Waals surface area contributed by atoms with Gasteiger partial charge >= 0.3 is 0 Å². The molecule has 0 amide bonds. The van der Waals surface area contributed by atoms with Gasteiger partial charge in [0.15, 0.2) is 11.5 Å². The Hall–Kier alpha value is -1.53. The molecule has 0 spiro atoms. The molecule has 0 radical (unpaired) electrons. The molecule has 1 aromatic carbocycles. The van der Waals surface area contributed by atoms with Crippen LogP contribution in [0.2, 0.25) is 0 Å². The first-order valence-corrected chi connectivity index (χ1v) is 7.82. The van der Waals surface area contributed by atoms with Gasteiger partial charge in [-0.1, -0.05) is 12.1 Å². The molecule has 112 valence electrons. The van der Waals surface area contributed by atoms with Crippen molar-refractivity contribution in [3.63, 3.8) is 0 Å². The van der Waals surface area contributed by atoms with Crippen LogP contribution in [-0.2, 0) is 6.54 Å². The van der Waals surface area contributed by atoms with E-state index < -0.39 is 0 Å². The summed E-state index contributed by atoms with van der Waals surface area (Å²) in [6, 6.07) is 5.98. The standard InChI is InChI=1S/C15H18BrN3O2/c1-3-19-14(11(16)9-18-19)13(17-2)10-5-4-6-12-15(10)21-8-7-20-12/h4-6,9,13,17H,3,7-8H2,1-2H3. The van der Waals surface area contributed by atoms with Crippen LogP contribution in [0, 0.1) is 0 Å².